The van der Waals surface area contributed by atoms with Gasteiger partial charge in [0.05, 0.1) is 5.69 Å². The minimum Gasteiger partial charge on any atom is -0.260 e. The number of halogens is 2. The van der Waals surface area contributed by atoms with Gasteiger partial charge in [0.2, 0.25) is 0 Å². The fourth-order valence-corrected chi connectivity index (χ4v) is 3.17. The van der Waals surface area contributed by atoms with E-state index in [2.05, 4.69) is 24.0 Å². The van der Waals surface area contributed by atoms with Gasteiger partial charge in [-0.25, -0.2) is 0 Å². The lowest BCUT2D eigenvalue weighted by atomic mass is 9.93. The van der Waals surface area contributed by atoms with E-state index in [1.54, 1.807) is 6.20 Å². The van der Waals surface area contributed by atoms with E-state index < -0.39 is 0 Å². The molecule has 1 aromatic heterocycles. The molecule has 1 aromatic carbocycles. The van der Waals surface area contributed by atoms with Gasteiger partial charge in [-0.1, -0.05) is 50.0 Å². The molecule has 0 radical (unpaired) electrons. The molecule has 1 heterocycles. The largest absolute Gasteiger partial charge is 0.260 e. The second kappa shape index (κ2) is 6.60. The van der Waals surface area contributed by atoms with Gasteiger partial charge < -0.3 is 0 Å². The molecular formula is C17H19Cl2N. The summed E-state index contributed by atoms with van der Waals surface area (Å²) >= 11 is 12.4. The number of hydrogen-bond donors (Lipinski definition) is 0. The van der Waals surface area contributed by atoms with Crippen LogP contribution in [-0.4, -0.2) is 4.98 Å². The summed E-state index contributed by atoms with van der Waals surface area (Å²) in [6.07, 6.45) is 3.69. The maximum Gasteiger partial charge on any atom is 0.0522 e. The number of fused-ring (bicyclic) bond motifs is 2. The number of benzene rings is 1. The summed E-state index contributed by atoms with van der Waals surface area (Å²) in [5.41, 5.74) is 4.90. The van der Waals surface area contributed by atoms with Crippen molar-refractivity contribution in [3.05, 3.63) is 62.9 Å². The molecule has 20 heavy (non-hydrogen) atoms. The van der Waals surface area contributed by atoms with Crippen molar-refractivity contribution < 1.29 is 0 Å². The van der Waals surface area contributed by atoms with Crippen LogP contribution in [0.3, 0.4) is 0 Å². The van der Waals surface area contributed by atoms with E-state index in [0.717, 1.165) is 28.6 Å². The third-order valence-electron chi connectivity index (χ3n) is 3.66. The van der Waals surface area contributed by atoms with Gasteiger partial charge in [0.15, 0.2) is 0 Å². The van der Waals surface area contributed by atoms with Crippen LogP contribution in [0, 0.1) is 0 Å². The van der Waals surface area contributed by atoms with Crippen molar-refractivity contribution in [1.29, 1.82) is 0 Å². The van der Waals surface area contributed by atoms with Crippen molar-refractivity contribution in [2.75, 3.05) is 0 Å². The zero-order chi connectivity index (χ0) is 14.7. The van der Waals surface area contributed by atoms with E-state index in [1.807, 2.05) is 26.0 Å². The highest BCUT2D eigenvalue weighted by molar-refractivity contribution is 6.31. The molecule has 1 aliphatic carbocycles. The molecule has 1 atom stereocenters. The van der Waals surface area contributed by atoms with Crippen molar-refractivity contribution in [1.82, 2.24) is 4.98 Å². The van der Waals surface area contributed by atoms with Gasteiger partial charge in [0.1, 0.15) is 0 Å². The first-order chi connectivity index (χ1) is 9.66. The van der Waals surface area contributed by atoms with Gasteiger partial charge in [0, 0.05) is 22.2 Å². The Morgan fingerprint density at radius 2 is 1.85 bits per heavy atom. The van der Waals surface area contributed by atoms with E-state index in [1.165, 1.54) is 16.7 Å². The molecule has 1 aliphatic rings. The molecule has 0 N–H and O–H groups in total. The fraction of sp³-hybridized carbons (Fsp3) is 0.353. The molecule has 0 amide bonds. The summed E-state index contributed by atoms with van der Waals surface area (Å²) in [4.78, 5) is 4.52. The van der Waals surface area contributed by atoms with Crippen molar-refractivity contribution >= 4 is 23.2 Å². The maximum absolute atomic E-state index is 6.29. The maximum atomic E-state index is 6.29. The topological polar surface area (TPSA) is 12.9 Å². The minimum atomic E-state index is 0.272. The predicted molar refractivity (Wildman–Crippen MR) is 87.0 cm³/mol. The van der Waals surface area contributed by atoms with Gasteiger partial charge in [0.25, 0.3) is 0 Å². The molecule has 0 saturated heterocycles. The third-order valence-corrected chi connectivity index (χ3v) is 4.25. The molecular weight excluding hydrogens is 289 g/mol. The summed E-state index contributed by atoms with van der Waals surface area (Å²) in [6, 6.07) is 8.00. The second-order valence-corrected chi connectivity index (χ2v) is 5.57. The molecule has 106 valence electrons. The highest BCUT2D eigenvalue weighted by Gasteiger charge is 2.22. The van der Waals surface area contributed by atoms with Crippen molar-refractivity contribution in [2.24, 2.45) is 0 Å². The van der Waals surface area contributed by atoms with Crippen molar-refractivity contribution in [3.63, 3.8) is 0 Å². The number of pyridine rings is 1. The SMILES string of the molecule is CC.CC1c2ccc(Cl)cc2CCc2c(Cl)ccnc21. The molecule has 0 bridgehead atoms. The average molecular weight is 308 g/mol. The Morgan fingerprint density at radius 3 is 2.60 bits per heavy atom. The van der Waals surface area contributed by atoms with Crippen molar-refractivity contribution in [2.45, 2.75) is 39.5 Å². The van der Waals surface area contributed by atoms with Crippen molar-refractivity contribution in [3.8, 4) is 0 Å². The summed E-state index contributed by atoms with van der Waals surface area (Å²) < 4.78 is 0. The first-order valence-electron chi connectivity index (χ1n) is 7.08. The Labute approximate surface area is 131 Å². The Balaban J connectivity index is 0.000000704. The summed E-state index contributed by atoms with van der Waals surface area (Å²) in [6.45, 7) is 6.18. The van der Waals surface area contributed by atoms with Crippen LogP contribution in [0.25, 0.3) is 0 Å². The van der Waals surface area contributed by atoms with Gasteiger partial charge in [-0.15, -0.1) is 0 Å². The number of aryl methyl sites for hydroxylation is 1. The molecule has 2 aromatic rings. The average Bonchev–Trinajstić information content (AvgIpc) is 2.60. The first-order valence-corrected chi connectivity index (χ1v) is 7.84. The second-order valence-electron chi connectivity index (χ2n) is 4.72. The molecule has 3 rings (SSSR count). The Morgan fingerprint density at radius 1 is 1.10 bits per heavy atom. The van der Waals surface area contributed by atoms with Gasteiger partial charge >= 0.3 is 0 Å². The molecule has 3 heteroatoms. The van der Waals surface area contributed by atoms with Crippen LogP contribution in [0.4, 0.5) is 0 Å². The molecule has 0 saturated carbocycles. The van der Waals surface area contributed by atoms with E-state index in [-0.39, 0.29) is 5.92 Å². The van der Waals surface area contributed by atoms with Gasteiger partial charge in [-0.3, -0.25) is 4.98 Å². The van der Waals surface area contributed by atoms with E-state index in [9.17, 15) is 0 Å². The van der Waals surface area contributed by atoms with E-state index in [0.29, 0.717) is 0 Å². The van der Waals surface area contributed by atoms with Crippen LogP contribution in [0.2, 0.25) is 10.0 Å². The smallest absolute Gasteiger partial charge is 0.0522 e. The number of nitrogens with zero attached hydrogens (tertiary/aromatic N) is 1. The number of rotatable bonds is 0. The first kappa shape index (κ1) is 15.3. The highest BCUT2D eigenvalue weighted by atomic mass is 35.5. The standard InChI is InChI=1S/C15H13Cl2N.C2H6/c1-9-12-5-3-11(16)8-10(12)2-4-13-14(17)6-7-18-15(9)13;1-2/h3,5-9H,2,4H2,1H3;1-2H3. The predicted octanol–water partition coefficient (Wildman–Crippen LogP) is 5.67. The Hall–Kier alpha value is -1.05. The van der Waals surface area contributed by atoms with Crippen LogP contribution in [0.15, 0.2) is 30.5 Å². The third kappa shape index (κ3) is 2.84. The zero-order valence-electron chi connectivity index (χ0n) is 12.1. The number of hydrogen-bond acceptors (Lipinski definition) is 1. The fourth-order valence-electron chi connectivity index (χ4n) is 2.72. The minimum absolute atomic E-state index is 0.272. The van der Waals surface area contributed by atoms with Gasteiger partial charge in [-0.2, -0.15) is 0 Å². The molecule has 1 nitrogen and oxygen atoms in total. The lowest BCUT2D eigenvalue weighted by Gasteiger charge is -2.14. The molecule has 0 aliphatic heterocycles. The van der Waals surface area contributed by atoms with Gasteiger partial charge in [-0.05, 0) is 47.7 Å². The summed E-state index contributed by atoms with van der Waals surface area (Å²) in [7, 11) is 0. The lowest BCUT2D eigenvalue weighted by Crippen LogP contribution is -2.02. The van der Waals surface area contributed by atoms with Crippen LogP contribution < -0.4 is 0 Å². The van der Waals surface area contributed by atoms with E-state index >= 15 is 0 Å². The molecule has 1 unspecified atom stereocenters. The van der Waals surface area contributed by atoms with Crippen LogP contribution >= 0.6 is 23.2 Å². The quantitative estimate of drug-likeness (QED) is 0.611. The highest BCUT2D eigenvalue weighted by Crippen LogP contribution is 2.36. The van der Waals surface area contributed by atoms with E-state index in [4.69, 9.17) is 23.2 Å². The zero-order valence-corrected chi connectivity index (χ0v) is 13.6. The lowest BCUT2D eigenvalue weighted by molar-refractivity contribution is 0.860. The number of aromatic nitrogens is 1. The summed E-state index contributed by atoms with van der Waals surface area (Å²) in [5.74, 6) is 0.272. The molecule has 0 fully saturated rings. The summed E-state index contributed by atoms with van der Waals surface area (Å²) in [5, 5.41) is 1.62. The normalized spacial score (nSPS) is 16.4. The van der Waals surface area contributed by atoms with Crippen LogP contribution in [0.5, 0.6) is 0 Å². The Kier molecular flexibility index (Phi) is 5.06. The van der Waals surface area contributed by atoms with Crippen LogP contribution in [0.1, 0.15) is 49.1 Å². The Bertz CT molecular complexity index is 608. The van der Waals surface area contributed by atoms with Crippen LogP contribution in [-0.2, 0) is 12.8 Å². The molecule has 0 spiro atoms. The monoisotopic (exact) mass is 307 g/mol.